The van der Waals surface area contributed by atoms with Gasteiger partial charge in [-0.3, -0.25) is 4.79 Å². The maximum Gasteiger partial charge on any atom is 0.233 e. The molecule has 6 nitrogen and oxygen atoms in total. The first-order chi connectivity index (χ1) is 13.7. The molecule has 4 rings (SSSR count). The molecule has 8 heteroatoms. The monoisotopic (exact) mass is 418 g/mol. The average Bonchev–Trinajstić information content (AvgIpc) is 3.19. The zero-order chi connectivity index (χ0) is 19.3. The van der Waals surface area contributed by atoms with E-state index in [1.54, 1.807) is 7.11 Å². The molecule has 1 aliphatic carbocycles. The van der Waals surface area contributed by atoms with Crippen LogP contribution in [0.5, 0.6) is 5.75 Å². The molecule has 1 aromatic carbocycles. The molecule has 0 radical (unpaired) electrons. The number of benzene rings is 1. The average molecular weight is 419 g/mol. The standard InChI is InChI=1S/C20H26N4O2S2/c1-26-17-8-6-16(7-9-17)21-19-22-23-20(28-19)27-13-18(25)24-11-10-14-4-2-3-5-15(14)12-24/h6-9,14-15H,2-5,10-13H2,1H3,(H,21,22)/t14-,15-/m1/s1. The summed E-state index contributed by atoms with van der Waals surface area (Å²) in [5.41, 5.74) is 0.930. The van der Waals surface area contributed by atoms with E-state index in [1.165, 1.54) is 55.2 Å². The fourth-order valence-electron chi connectivity index (χ4n) is 4.16. The van der Waals surface area contributed by atoms with Gasteiger partial charge in [0, 0.05) is 18.8 Å². The molecule has 2 aromatic rings. The molecule has 0 bridgehead atoms. The molecule has 28 heavy (non-hydrogen) atoms. The highest BCUT2D eigenvalue weighted by molar-refractivity contribution is 8.01. The minimum Gasteiger partial charge on any atom is -0.497 e. The Labute approximate surface area is 174 Å². The van der Waals surface area contributed by atoms with E-state index in [1.807, 2.05) is 24.3 Å². The van der Waals surface area contributed by atoms with E-state index < -0.39 is 0 Å². The van der Waals surface area contributed by atoms with Crippen molar-refractivity contribution >= 4 is 39.8 Å². The first-order valence-corrected chi connectivity index (χ1v) is 11.7. The van der Waals surface area contributed by atoms with Crippen LogP contribution in [-0.4, -0.2) is 47.0 Å². The Morgan fingerprint density at radius 1 is 1.21 bits per heavy atom. The third kappa shape index (κ3) is 4.78. The molecule has 150 valence electrons. The first-order valence-electron chi connectivity index (χ1n) is 9.86. The summed E-state index contributed by atoms with van der Waals surface area (Å²) in [6, 6.07) is 7.66. The summed E-state index contributed by atoms with van der Waals surface area (Å²) in [5, 5.41) is 12.3. The SMILES string of the molecule is COc1ccc(Nc2nnc(SCC(=O)N3CC[C@H]4CCCC[C@@H]4C3)s2)cc1. The zero-order valence-corrected chi connectivity index (χ0v) is 17.7. The van der Waals surface area contributed by atoms with Gasteiger partial charge in [-0.1, -0.05) is 42.4 Å². The topological polar surface area (TPSA) is 67.3 Å². The lowest BCUT2D eigenvalue weighted by Crippen LogP contribution is -2.45. The van der Waals surface area contributed by atoms with Gasteiger partial charge in [-0.05, 0) is 48.9 Å². The molecule has 1 aliphatic heterocycles. The number of nitrogens with one attached hydrogen (secondary N) is 1. The molecule has 1 saturated carbocycles. The predicted molar refractivity (Wildman–Crippen MR) is 114 cm³/mol. The largest absolute Gasteiger partial charge is 0.497 e. The lowest BCUT2D eigenvalue weighted by atomic mass is 9.75. The quantitative estimate of drug-likeness (QED) is 0.701. The van der Waals surface area contributed by atoms with Gasteiger partial charge in [0.25, 0.3) is 0 Å². The molecule has 1 amide bonds. The Morgan fingerprint density at radius 3 is 2.79 bits per heavy atom. The fraction of sp³-hybridized carbons (Fsp3) is 0.550. The minimum atomic E-state index is 0.230. The molecule has 1 N–H and O–H groups in total. The van der Waals surface area contributed by atoms with Crippen LogP contribution < -0.4 is 10.1 Å². The number of carbonyl (C=O) groups is 1. The Bertz CT molecular complexity index is 796. The first kappa shape index (κ1) is 19.5. The molecular weight excluding hydrogens is 392 g/mol. The number of anilines is 2. The molecule has 1 aromatic heterocycles. The highest BCUT2D eigenvalue weighted by Gasteiger charge is 2.32. The zero-order valence-electron chi connectivity index (χ0n) is 16.1. The Kier molecular flexibility index (Phi) is 6.36. The van der Waals surface area contributed by atoms with E-state index in [-0.39, 0.29) is 5.91 Å². The van der Waals surface area contributed by atoms with Gasteiger partial charge in [-0.15, -0.1) is 10.2 Å². The molecule has 2 atom stereocenters. The van der Waals surface area contributed by atoms with Crippen LogP contribution in [0.25, 0.3) is 0 Å². The van der Waals surface area contributed by atoms with E-state index in [0.717, 1.165) is 45.8 Å². The van der Waals surface area contributed by atoms with Crippen LogP contribution in [0.3, 0.4) is 0 Å². The van der Waals surface area contributed by atoms with Gasteiger partial charge in [-0.25, -0.2) is 0 Å². The third-order valence-electron chi connectivity index (χ3n) is 5.71. The van der Waals surface area contributed by atoms with Gasteiger partial charge in [0.1, 0.15) is 5.75 Å². The van der Waals surface area contributed by atoms with Crippen molar-refractivity contribution < 1.29 is 9.53 Å². The van der Waals surface area contributed by atoms with E-state index in [2.05, 4.69) is 20.4 Å². The van der Waals surface area contributed by atoms with Crippen LogP contribution in [0, 0.1) is 11.8 Å². The molecule has 2 fully saturated rings. The number of nitrogens with zero attached hydrogens (tertiary/aromatic N) is 3. The number of carbonyl (C=O) groups excluding carboxylic acids is 1. The van der Waals surface area contributed by atoms with Crippen molar-refractivity contribution in [3.05, 3.63) is 24.3 Å². The molecule has 2 heterocycles. The Hall–Kier alpha value is -1.80. The number of thioether (sulfide) groups is 1. The van der Waals surface area contributed by atoms with Crippen molar-refractivity contribution in [2.45, 2.75) is 36.4 Å². The van der Waals surface area contributed by atoms with Crippen molar-refractivity contribution in [1.82, 2.24) is 15.1 Å². The minimum absolute atomic E-state index is 0.230. The summed E-state index contributed by atoms with van der Waals surface area (Å²) < 4.78 is 5.98. The highest BCUT2D eigenvalue weighted by atomic mass is 32.2. The summed E-state index contributed by atoms with van der Waals surface area (Å²) in [4.78, 5) is 14.7. The number of amides is 1. The number of likely N-dealkylation sites (tertiary alicyclic amines) is 1. The molecule has 2 aliphatic rings. The van der Waals surface area contributed by atoms with Crippen LogP contribution in [0.15, 0.2) is 28.6 Å². The molecule has 0 spiro atoms. The van der Waals surface area contributed by atoms with Gasteiger partial charge in [0.2, 0.25) is 11.0 Å². The number of rotatable bonds is 6. The second-order valence-electron chi connectivity index (χ2n) is 7.45. The number of aromatic nitrogens is 2. The number of methoxy groups -OCH3 is 1. The van der Waals surface area contributed by atoms with Crippen LogP contribution in [0.4, 0.5) is 10.8 Å². The Balaban J connectivity index is 1.26. The van der Waals surface area contributed by atoms with Gasteiger partial charge < -0.3 is 15.0 Å². The number of hydrogen-bond acceptors (Lipinski definition) is 7. The van der Waals surface area contributed by atoms with Crippen molar-refractivity contribution in [3.63, 3.8) is 0 Å². The van der Waals surface area contributed by atoms with Crippen LogP contribution >= 0.6 is 23.1 Å². The normalized spacial score (nSPS) is 21.8. The number of fused-ring (bicyclic) bond motifs is 1. The van der Waals surface area contributed by atoms with Gasteiger partial charge >= 0.3 is 0 Å². The van der Waals surface area contributed by atoms with E-state index in [0.29, 0.717) is 5.75 Å². The number of hydrogen-bond donors (Lipinski definition) is 1. The van der Waals surface area contributed by atoms with Crippen molar-refractivity contribution in [3.8, 4) is 5.75 Å². The maximum atomic E-state index is 12.6. The van der Waals surface area contributed by atoms with E-state index in [4.69, 9.17) is 4.74 Å². The van der Waals surface area contributed by atoms with Gasteiger partial charge in [-0.2, -0.15) is 0 Å². The smallest absolute Gasteiger partial charge is 0.233 e. The highest BCUT2D eigenvalue weighted by Crippen LogP contribution is 2.36. The second-order valence-corrected chi connectivity index (χ2v) is 9.65. The summed E-state index contributed by atoms with van der Waals surface area (Å²) in [5.74, 6) is 3.05. The molecular formula is C20H26N4O2S2. The summed E-state index contributed by atoms with van der Waals surface area (Å²) in [7, 11) is 1.65. The van der Waals surface area contributed by atoms with Gasteiger partial charge in [0.05, 0.1) is 12.9 Å². The van der Waals surface area contributed by atoms with Crippen LogP contribution in [-0.2, 0) is 4.79 Å². The summed E-state index contributed by atoms with van der Waals surface area (Å²) in [6.07, 6.45) is 6.52. The van der Waals surface area contributed by atoms with E-state index in [9.17, 15) is 4.79 Å². The predicted octanol–water partition coefficient (Wildman–Crippen LogP) is 4.42. The van der Waals surface area contributed by atoms with Crippen LogP contribution in [0.2, 0.25) is 0 Å². The van der Waals surface area contributed by atoms with Crippen molar-refractivity contribution in [2.75, 3.05) is 31.3 Å². The van der Waals surface area contributed by atoms with Crippen molar-refractivity contribution in [1.29, 1.82) is 0 Å². The summed E-state index contributed by atoms with van der Waals surface area (Å²) in [6.45, 7) is 1.87. The number of ether oxygens (including phenoxy) is 1. The maximum absolute atomic E-state index is 12.6. The van der Waals surface area contributed by atoms with E-state index >= 15 is 0 Å². The lowest BCUT2D eigenvalue weighted by Gasteiger charge is -2.41. The van der Waals surface area contributed by atoms with Crippen LogP contribution in [0.1, 0.15) is 32.1 Å². The summed E-state index contributed by atoms with van der Waals surface area (Å²) >= 11 is 2.95. The molecule has 1 saturated heterocycles. The third-order valence-corrected chi connectivity index (χ3v) is 7.67. The van der Waals surface area contributed by atoms with Gasteiger partial charge in [0.15, 0.2) is 4.34 Å². The fourth-order valence-corrected chi connectivity index (χ4v) is 5.83. The van der Waals surface area contributed by atoms with Crippen molar-refractivity contribution in [2.24, 2.45) is 11.8 Å². The second kappa shape index (κ2) is 9.13. The Morgan fingerprint density at radius 2 is 2.00 bits per heavy atom. The lowest BCUT2D eigenvalue weighted by molar-refractivity contribution is -0.131. The number of piperidine rings is 1. The molecule has 0 unspecified atom stereocenters.